The molecule has 1 amide bonds. The molecule has 0 heterocycles. The monoisotopic (exact) mass is 449 g/mol. The molecule has 0 spiro atoms. The van der Waals surface area contributed by atoms with E-state index in [-0.39, 0.29) is 18.3 Å². The summed E-state index contributed by atoms with van der Waals surface area (Å²) in [6.07, 6.45) is 0. The van der Waals surface area contributed by atoms with Gasteiger partial charge in [-0.3, -0.25) is 10.2 Å². The molecule has 6 nitrogen and oxygen atoms in total. The minimum atomic E-state index is -0.431. The number of amides is 1. The maximum atomic E-state index is 12.8. The molecule has 0 saturated carbocycles. The van der Waals surface area contributed by atoms with Gasteiger partial charge in [0.2, 0.25) is 0 Å². The van der Waals surface area contributed by atoms with E-state index in [4.69, 9.17) is 15.9 Å². The first-order valence-corrected chi connectivity index (χ1v) is 10.7. The van der Waals surface area contributed by atoms with Crippen molar-refractivity contribution in [2.24, 2.45) is 5.73 Å². The SMILES string of the molecule is N=C(N)c1ccc(NC(=O)c2cccc(-c3ccccc3C(=O)OCc3ccccc3)c2)cc1. The summed E-state index contributed by atoms with van der Waals surface area (Å²) >= 11 is 0. The Morgan fingerprint density at radius 2 is 1.50 bits per heavy atom. The zero-order valence-electron chi connectivity index (χ0n) is 18.3. The number of nitrogens with one attached hydrogen (secondary N) is 2. The summed E-state index contributed by atoms with van der Waals surface area (Å²) in [4.78, 5) is 25.6. The first kappa shape index (κ1) is 22.5. The summed E-state index contributed by atoms with van der Waals surface area (Å²) in [7, 11) is 0. The Morgan fingerprint density at radius 3 is 2.24 bits per heavy atom. The van der Waals surface area contributed by atoms with Crippen LogP contribution in [0.4, 0.5) is 5.69 Å². The van der Waals surface area contributed by atoms with Crippen molar-refractivity contribution in [2.45, 2.75) is 6.61 Å². The first-order chi connectivity index (χ1) is 16.5. The van der Waals surface area contributed by atoms with Gasteiger partial charge >= 0.3 is 5.97 Å². The maximum Gasteiger partial charge on any atom is 0.339 e. The average molecular weight is 450 g/mol. The Kier molecular flexibility index (Phi) is 6.79. The molecule has 4 aromatic rings. The molecule has 0 aliphatic heterocycles. The van der Waals surface area contributed by atoms with Crippen molar-refractivity contribution in [3.63, 3.8) is 0 Å². The van der Waals surface area contributed by atoms with E-state index < -0.39 is 5.97 Å². The van der Waals surface area contributed by atoms with E-state index in [2.05, 4.69) is 5.32 Å². The van der Waals surface area contributed by atoms with Crippen LogP contribution in [0.5, 0.6) is 0 Å². The van der Waals surface area contributed by atoms with E-state index in [1.165, 1.54) is 0 Å². The molecule has 34 heavy (non-hydrogen) atoms. The highest BCUT2D eigenvalue weighted by atomic mass is 16.5. The smallest absolute Gasteiger partial charge is 0.339 e. The molecule has 4 rings (SSSR count). The van der Waals surface area contributed by atoms with Crippen molar-refractivity contribution >= 4 is 23.4 Å². The Labute approximate surface area is 197 Å². The topological polar surface area (TPSA) is 105 Å². The fourth-order valence-electron chi connectivity index (χ4n) is 3.48. The van der Waals surface area contributed by atoms with Gasteiger partial charge in [0.05, 0.1) is 5.56 Å². The molecule has 6 heteroatoms. The molecule has 0 bridgehead atoms. The van der Waals surface area contributed by atoms with Crippen molar-refractivity contribution in [3.05, 3.63) is 125 Å². The third kappa shape index (κ3) is 5.37. The van der Waals surface area contributed by atoms with Crippen LogP contribution < -0.4 is 11.1 Å². The molecule has 0 aliphatic rings. The van der Waals surface area contributed by atoms with Gasteiger partial charge in [-0.2, -0.15) is 0 Å². The maximum absolute atomic E-state index is 12.8. The van der Waals surface area contributed by atoms with E-state index in [9.17, 15) is 9.59 Å². The van der Waals surface area contributed by atoms with Gasteiger partial charge in [0.1, 0.15) is 12.4 Å². The molecule has 0 fully saturated rings. The van der Waals surface area contributed by atoms with Gasteiger partial charge in [0.15, 0.2) is 0 Å². The van der Waals surface area contributed by atoms with Gasteiger partial charge in [-0.05, 0) is 59.2 Å². The molecule has 0 radical (unpaired) electrons. The van der Waals surface area contributed by atoms with Crippen molar-refractivity contribution in [3.8, 4) is 11.1 Å². The molecule has 0 aliphatic carbocycles. The Balaban J connectivity index is 1.52. The second-order valence-corrected chi connectivity index (χ2v) is 7.63. The summed E-state index contributed by atoms with van der Waals surface area (Å²) in [5, 5.41) is 10.3. The van der Waals surface area contributed by atoms with Gasteiger partial charge in [-0.1, -0.05) is 60.7 Å². The molecule has 0 saturated heterocycles. The highest BCUT2D eigenvalue weighted by Gasteiger charge is 2.15. The lowest BCUT2D eigenvalue weighted by molar-refractivity contribution is 0.0473. The van der Waals surface area contributed by atoms with E-state index in [1.807, 2.05) is 48.5 Å². The number of amidine groups is 1. The third-order valence-corrected chi connectivity index (χ3v) is 5.25. The van der Waals surface area contributed by atoms with Crippen LogP contribution in [-0.4, -0.2) is 17.7 Å². The standard InChI is InChI=1S/C28H23N3O3/c29-26(30)20-13-15-23(16-14-20)31-27(32)22-10-6-9-21(17-22)24-11-4-5-12-25(24)28(33)34-18-19-7-2-1-3-8-19/h1-17H,18H2,(H3,29,30)(H,31,32). The molecule has 168 valence electrons. The quantitative estimate of drug-likeness (QED) is 0.204. The van der Waals surface area contributed by atoms with Gasteiger partial charge in [0, 0.05) is 16.8 Å². The van der Waals surface area contributed by atoms with E-state index in [0.717, 1.165) is 11.1 Å². The number of anilines is 1. The van der Waals surface area contributed by atoms with Gasteiger partial charge < -0.3 is 15.8 Å². The fraction of sp³-hybridized carbons (Fsp3) is 0.0357. The predicted molar refractivity (Wildman–Crippen MR) is 133 cm³/mol. The number of ether oxygens (including phenoxy) is 1. The number of hydrogen-bond donors (Lipinski definition) is 3. The fourth-order valence-corrected chi connectivity index (χ4v) is 3.48. The van der Waals surface area contributed by atoms with E-state index >= 15 is 0 Å². The number of hydrogen-bond acceptors (Lipinski definition) is 4. The van der Waals surface area contributed by atoms with Crippen LogP contribution in [0, 0.1) is 5.41 Å². The predicted octanol–water partition coefficient (Wildman–Crippen LogP) is 5.25. The largest absolute Gasteiger partial charge is 0.457 e. The normalized spacial score (nSPS) is 10.4. The highest BCUT2D eigenvalue weighted by Crippen LogP contribution is 2.26. The Bertz CT molecular complexity index is 1330. The molecule has 4 N–H and O–H groups in total. The van der Waals surface area contributed by atoms with Crippen LogP contribution in [-0.2, 0) is 11.3 Å². The van der Waals surface area contributed by atoms with Crippen LogP contribution in [0.3, 0.4) is 0 Å². The highest BCUT2D eigenvalue weighted by molar-refractivity contribution is 6.06. The van der Waals surface area contributed by atoms with E-state index in [1.54, 1.807) is 54.6 Å². The lowest BCUT2D eigenvalue weighted by atomic mass is 9.98. The Hall–Kier alpha value is -4.71. The zero-order valence-corrected chi connectivity index (χ0v) is 18.3. The summed E-state index contributed by atoms with van der Waals surface area (Å²) in [6.45, 7) is 0.179. The minimum Gasteiger partial charge on any atom is -0.457 e. The summed E-state index contributed by atoms with van der Waals surface area (Å²) in [5.74, 6) is -0.757. The second kappa shape index (κ2) is 10.3. The zero-order chi connectivity index (χ0) is 23.9. The van der Waals surface area contributed by atoms with Crippen LogP contribution in [0.2, 0.25) is 0 Å². The lowest BCUT2D eigenvalue weighted by Crippen LogP contribution is -2.13. The van der Waals surface area contributed by atoms with Crippen molar-refractivity contribution in [2.75, 3.05) is 5.32 Å². The number of esters is 1. The number of nitrogen functional groups attached to an aromatic ring is 1. The Morgan fingerprint density at radius 1 is 0.794 bits per heavy atom. The summed E-state index contributed by atoms with van der Waals surface area (Å²) < 4.78 is 5.52. The second-order valence-electron chi connectivity index (χ2n) is 7.63. The van der Waals surface area contributed by atoms with Crippen LogP contribution in [0.15, 0.2) is 103 Å². The van der Waals surface area contributed by atoms with Gasteiger partial charge in [0.25, 0.3) is 5.91 Å². The van der Waals surface area contributed by atoms with Gasteiger partial charge in [-0.15, -0.1) is 0 Å². The van der Waals surface area contributed by atoms with Crippen molar-refractivity contribution < 1.29 is 14.3 Å². The molecular formula is C28H23N3O3. The molecule has 4 aromatic carbocycles. The van der Waals surface area contributed by atoms with Crippen LogP contribution in [0.25, 0.3) is 11.1 Å². The minimum absolute atomic E-state index is 0.0356. The number of benzene rings is 4. The molecule has 0 aromatic heterocycles. The summed E-state index contributed by atoms with van der Waals surface area (Å²) in [5.41, 5.74) is 9.83. The number of rotatable bonds is 7. The van der Waals surface area contributed by atoms with E-state index in [0.29, 0.717) is 27.9 Å². The van der Waals surface area contributed by atoms with Crippen molar-refractivity contribution in [1.82, 2.24) is 0 Å². The number of carbonyl (C=O) groups excluding carboxylic acids is 2. The molecule has 0 atom stereocenters. The molecular weight excluding hydrogens is 426 g/mol. The van der Waals surface area contributed by atoms with Crippen LogP contribution in [0.1, 0.15) is 31.8 Å². The molecule has 0 unspecified atom stereocenters. The lowest BCUT2D eigenvalue weighted by Gasteiger charge is -2.12. The third-order valence-electron chi connectivity index (χ3n) is 5.25. The average Bonchev–Trinajstić information content (AvgIpc) is 2.88. The van der Waals surface area contributed by atoms with Crippen molar-refractivity contribution in [1.29, 1.82) is 5.41 Å². The van der Waals surface area contributed by atoms with Gasteiger partial charge in [-0.25, -0.2) is 4.79 Å². The number of nitrogens with two attached hydrogens (primary N) is 1. The number of carbonyl (C=O) groups is 2. The first-order valence-electron chi connectivity index (χ1n) is 10.7. The van der Waals surface area contributed by atoms with Crippen LogP contribution >= 0.6 is 0 Å². The summed E-state index contributed by atoms with van der Waals surface area (Å²) in [6, 6.07) is 30.5.